The number of fused-ring (bicyclic) bond motifs is 1. The van der Waals surface area contributed by atoms with Crippen molar-refractivity contribution >= 4 is 22.9 Å². The maximum Gasteiger partial charge on any atom is 0.266 e. The van der Waals surface area contributed by atoms with Gasteiger partial charge in [-0.05, 0) is 55.3 Å². The second-order valence-corrected chi connectivity index (χ2v) is 8.17. The fraction of sp³-hybridized carbons (Fsp3) is 0.179. The van der Waals surface area contributed by atoms with Gasteiger partial charge in [-0.2, -0.15) is 0 Å². The molecule has 172 valence electrons. The summed E-state index contributed by atoms with van der Waals surface area (Å²) in [6, 6.07) is 22.0. The van der Waals surface area contributed by atoms with E-state index in [9.17, 15) is 9.59 Å². The van der Waals surface area contributed by atoms with E-state index in [1.165, 1.54) is 6.08 Å². The molecule has 0 aliphatic rings. The highest BCUT2D eigenvalue weighted by atomic mass is 16.5. The summed E-state index contributed by atoms with van der Waals surface area (Å²) in [6.07, 6.45) is 3.30. The SMILES string of the molecule is COc1ccc(C)cc1-n1c(C(C)N(C)C(=O)/C=C/c2ccccc2)nc2ccccc2c1=O. The van der Waals surface area contributed by atoms with Crippen molar-refractivity contribution in [3.05, 3.63) is 106 Å². The molecule has 1 aromatic heterocycles. The van der Waals surface area contributed by atoms with Gasteiger partial charge in [0.2, 0.25) is 5.91 Å². The van der Waals surface area contributed by atoms with Crippen LogP contribution in [0.2, 0.25) is 0 Å². The lowest BCUT2D eigenvalue weighted by Crippen LogP contribution is -2.34. The molecule has 34 heavy (non-hydrogen) atoms. The predicted octanol–water partition coefficient (Wildman–Crippen LogP) is 4.94. The van der Waals surface area contributed by atoms with E-state index < -0.39 is 6.04 Å². The van der Waals surface area contributed by atoms with Crippen LogP contribution in [0.25, 0.3) is 22.7 Å². The van der Waals surface area contributed by atoms with E-state index >= 15 is 0 Å². The topological polar surface area (TPSA) is 64.4 Å². The van der Waals surface area contributed by atoms with E-state index in [-0.39, 0.29) is 11.5 Å². The van der Waals surface area contributed by atoms with Gasteiger partial charge in [-0.1, -0.05) is 48.5 Å². The summed E-state index contributed by atoms with van der Waals surface area (Å²) < 4.78 is 7.13. The summed E-state index contributed by atoms with van der Waals surface area (Å²) in [7, 11) is 3.28. The Morgan fingerprint density at radius 1 is 1.06 bits per heavy atom. The van der Waals surface area contributed by atoms with Gasteiger partial charge in [0.1, 0.15) is 11.6 Å². The van der Waals surface area contributed by atoms with Crippen LogP contribution in [0.3, 0.4) is 0 Å². The minimum atomic E-state index is -0.490. The number of methoxy groups -OCH3 is 1. The van der Waals surface area contributed by atoms with Gasteiger partial charge in [0.25, 0.3) is 5.56 Å². The fourth-order valence-electron chi connectivity index (χ4n) is 3.85. The maximum atomic E-state index is 13.7. The van der Waals surface area contributed by atoms with Crippen molar-refractivity contribution in [1.82, 2.24) is 14.5 Å². The lowest BCUT2D eigenvalue weighted by molar-refractivity contribution is -0.126. The molecule has 4 rings (SSSR count). The number of aryl methyl sites for hydroxylation is 1. The average Bonchev–Trinajstić information content (AvgIpc) is 2.87. The highest BCUT2D eigenvalue weighted by Crippen LogP contribution is 2.28. The first-order chi connectivity index (χ1) is 16.4. The zero-order valence-electron chi connectivity index (χ0n) is 19.7. The summed E-state index contributed by atoms with van der Waals surface area (Å²) in [6.45, 7) is 3.82. The van der Waals surface area contributed by atoms with Gasteiger partial charge in [0.05, 0.1) is 29.7 Å². The minimum absolute atomic E-state index is 0.193. The van der Waals surface area contributed by atoms with Crippen molar-refractivity contribution in [3.8, 4) is 11.4 Å². The summed E-state index contributed by atoms with van der Waals surface area (Å²) >= 11 is 0. The quantitative estimate of drug-likeness (QED) is 0.388. The highest BCUT2D eigenvalue weighted by Gasteiger charge is 2.24. The van der Waals surface area contributed by atoms with E-state index in [1.54, 1.807) is 35.8 Å². The molecule has 0 saturated heterocycles. The molecule has 6 heteroatoms. The third kappa shape index (κ3) is 4.48. The van der Waals surface area contributed by atoms with Crippen LogP contribution in [0.5, 0.6) is 5.75 Å². The number of carbonyl (C=O) groups is 1. The van der Waals surface area contributed by atoms with Crippen molar-refractivity contribution in [1.29, 1.82) is 0 Å². The first-order valence-corrected chi connectivity index (χ1v) is 11.1. The zero-order valence-corrected chi connectivity index (χ0v) is 19.7. The number of rotatable bonds is 6. The van der Waals surface area contributed by atoms with E-state index in [4.69, 9.17) is 9.72 Å². The Hall–Kier alpha value is -4.19. The number of aromatic nitrogens is 2. The fourth-order valence-corrected chi connectivity index (χ4v) is 3.85. The molecule has 0 radical (unpaired) electrons. The lowest BCUT2D eigenvalue weighted by atomic mass is 10.1. The Kier molecular flexibility index (Phi) is 6.59. The molecule has 1 unspecified atom stereocenters. The molecule has 1 heterocycles. The second kappa shape index (κ2) is 9.75. The molecule has 0 fully saturated rings. The van der Waals surface area contributed by atoms with E-state index in [0.29, 0.717) is 28.2 Å². The smallest absolute Gasteiger partial charge is 0.266 e. The van der Waals surface area contributed by atoms with E-state index in [0.717, 1.165) is 11.1 Å². The summed E-state index contributed by atoms with van der Waals surface area (Å²) in [5.74, 6) is 0.814. The highest BCUT2D eigenvalue weighted by molar-refractivity contribution is 5.91. The zero-order chi connectivity index (χ0) is 24.2. The minimum Gasteiger partial charge on any atom is -0.495 e. The Morgan fingerprint density at radius 2 is 1.76 bits per heavy atom. The monoisotopic (exact) mass is 453 g/mol. The van der Waals surface area contributed by atoms with Crippen molar-refractivity contribution in [2.24, 2.45) is 0 Å². The molecular weight excluding hydrogens is 426 g/mol. The number of amides is 1. The van der Waals surface area contributed by atoms with Gasteiger partial charge in [0.15, 0.2) is 0 Å². The molecule has 3 aromatic carbocycles. The number of nitrogens with zero attached hydrogens (tertiary/aromatic N) is 3. The lowest BCUT2D eigenvalue weighted by Gasteiger charge is -2.26. The van der Waals surface area contributed by atoms with Gasteiger partial charge in [-0.15, -0.1) is 0 Å². The average molecular weight is 454 g/mol. The maximum absolute atomic E-state index is 13.7. The van der Waals surface area contributed by atoms with Gasteiger partial charge >= 0.3 is 0 Å². The van der Waals surface area contributed by atoms with Crippen LogP contribution in [-0.4, -0.2) is 34.5 Å². The van der Waals surface area contributed by atoms with Crippen LogP contribution in [0.15, 0.2) is 83.7 Å². The van der Waals surface area contributed by atoms with Crippen LogP contribution >= 0.6 is 0 Å². The Labute approximate surface area is 198 Å². The summed E-state index contributed by atoms with van der Waals surface area (Å²) in [5.41, 5.74) is 2.87. The Bertz CT molecular complexity index is 1420. The van der Waals surface area contributed by atoms with Crippen molar-refractivity contribution in [2.75, 3.05) is 14.2 Å². The van der Waals surface area contributed by atoms with Crippen LogP contribution < -0.4 is 10.3 Å². The molecule has 1 amide bonds. The van der Waals surface area contributed by atoms with E-state index in [2.05, 4.69) is 0 Å². The largest absolute Gasteiger partial charge is 0.495 e. The summed E-state index contributed by atoms with van der Waals surface area (Å²) in [4.78, 5) is 33.1. The molecule has 0 N–H and O–H groups in total. The molecular formula is C28H27N3O3. The van der Waals surface area contributed by atoms with Crippen LogP contribution in [0.4, 0.5) is 0 Å². The predicted molar refractivity (Wildman–Crippen MR) is 135 cm³/mol. The molecule has 0 saturated carbocycles. The Morgan fingerprint density at radius 3 is 2.50 bits per heavy atom. The number of hydrogen-bond acceptors (Lipinski definition) is 4. The number of benzene rings is 3. The second-order valence-electron chi connectivity index (χ2n) is 8.17. The molecule has 0 aliphatic heterocycles. The standard InChI is InChI=1S/C28H27N3O3/c1-19-14-16-25(34-4)24(18-19)31-27(29-23-13-9-8-12-22(23)28(31)33)20(2)30(3)26(32)17-15-21-10-6-5-7-11-21/h5-18,20H,1-4H3/b17-15+. The first kappa shape index (κ1) is 23.0. The van der Waals surface area contributed by atoms with Gasteiger partial charge < -0.3 is 9.64 Å². The van der Waals surface area contributed by atoms with Crippen LogP contribution in [-0.2, 0) is 4.79 Å². The molecule has 0 aliphatic carbocycles. The number of ether oxygens (including phenoxy) is 1. The van der Waals surface area contributed by atoms with Crippen molar-refractivity contribution < 1.29 is 9.53 Å². The third-order valence-corrected chi connectivity index (χ3v) is 5.90. The number of carbonyl (C=O) groups excluding carboxylic acids is 1. The third-order valence-electron chi connectivity index (χ3n) is 5.90. The normalized spacial score (nSPS) is 12.1. The Balaban J connectivity index is 1.84. The molecule has 0 spiro atoms. The molecule has 0 bridgehead atoms. The molecule has 1 atom stereocenters. The first-order valence-electron chi connectivity index (χ1n) is 11.1. The molecule has 6 nitrogen and oxygen atoms in total. The van der Waals surface area contributed by atoms with Gasteiger partial charge in [-0.3, -0.25) is 14.2 Å². The van der Waals surface area contributed by atoms with Crippen LogP contribution in [0.1, 0.15) is 29.9 Å². The number of hydrogen-bond donors (Lipinski definition) is 0. The number of likely N-dealkylation sites (N-methyl/N-ethyl adjacent to an activating group) is 1. The van der Waals surface area contributed by atoms with Gasteiger partial charge in [-0.25, -0.2) is 4.98 Å². The van der Waals surface area contributed by atoms with Crippen molar-refractivity contribution in [2.45, 2.75) is 19.9 Å². The summed E-state index contributed by atoms with van der Waals surface area (Å²) in [5, 5.41) is 0.500. The van der Waals surface area contributed by atoms with Gasteiger partial charge in [0, 0.05) is 13.1 Å². The van der Waals surface area contributed by atoms with E-state index in [1.807, 2.05) is 80.6 Å². The van der Waals surface area contributed by atoms with Crippen molar-refractivity contribution in [3.63, 3.8) is 0 Å². The van der Waals surface area contributed by atoms with Crippen LogP contribution in [0, 0.1) is 6.92 Å². The number of para-hydroxylation sites is 1. The molecule has 4 aromatic rings.